The maximum absolute atomic E-state index is 5.92. The van der Waals surface area contributed by atoms with Gasteiger partial charge < -0.3 is 16.2 Å². The molecular formula is C10H16N2O. The summed E-state index contributed by atoms with van der Waals surface area (Å²) in [7, 11) is 1.65. The Morgan fingerprint density at radius 2 is 2.08 bits per heavy atom. The molecule has 0 radical (unpaired) electrons. The fourth-order valence-corrected chi connectivity index (χ4v) is 1.31. The van der Waals surface area contributed by atoms with Gasteiger partial charge in [0.1, 0.15) is 5.75 Å². The Morgan fingerprint density at radius 1 is 1.38 bits per heavy atom. The number of benzene rings is 1. The minimum Gasteiger partial charge on any atom is -0.496 e. The standard InChI is InChI=1S/C10H16N2O/c1-13-10-5-3-2-4-8(10)9(12)6-7-11/h2-5,9H,6-7,11-12H2,1H3. The minimum atomic E-state index is -0.0267. The van der Waals surface area contributed by atoms with Crippen LogP contribution in [-0.2, 0) is 0 Å². The zero-order valence-electron chi connectivity index (χ0n) is 7.86. The molecule has 13 heavy (non-hydrogen) atoms. The zero-order chi connectivity index (χ0) is 9.68. The molecule has 0 amide bonds. The third kappa shape index (κ3) is 2.44. The molecule has 0 aliphatic rings. The smallest absolute Gasteiger partial charge is 0.123 e. The van der Waals surface area contributed by atoms with Crippen molar-refractivity contribution in [3.8, 4) is 5.75 Å². The molecule has 0 saturated carbocycles. The maximum Gasteiger partial charge on any atom is 0.123 e. The Kier molecular flexibility index (Phi) is 3.73. The van der Waals surface area contributed by atoms with Gasteiger partial charge in [-0.25, -0.2) is 0 Å². The summed E-state index contributed by atoms with van der Waals surface area (Å²) in [6, 6.07) is 7.73. The Hall–Kier alpha value is -1.06. The normalized spacial score (nSPS) is 12.5. The quantitative estimate of drug-likeness (QED) is 0.728. The van der Waals surface area contributed by atoms with Gasteiger partial charge in [0.05, 0.1) is 7.11 Å². The van der Waals surface area contributed by atoms with Crippen LogP contribution in [0.3, 0.4) is 0 Å². The summed E-state index contributed by atoms with van der Waals surface area (Å²) >= 11 is 0. The van der Waals surface area contributed by atoms with Crippen LogP contribution in [0.5, 0.6) is 5.75 Å². The van der Waals surface area contributed by atoms with E-state index < -0.39 is 0 Å². The van der Waals surface area contributed by atoms with Gasteiger partial charge in [0.2, 0.25) is 0 Å². The molecule has 3 heteroatoms. The van der Waals surface area contributed by atoms with Crippen LogP contribution in [0.1, 0.15) is 18.0 Å². The van der Waals surface area contributed by atoms with Gasteiger partial charge in [0.25, 0.3) is 0 Å². The monoisotopic (exact) mass is 180 g/mol. The van der Waals surface area contributed by atoms with Gasteiger partial charge in [0.15, 0.2) is 0 Å². The Morgan fingerprint density at radius 3 is 2.69 bits per heavy atom. The maximum atomic E-state index is 5.92. The van der Waals surface area contributed by atoms with Gasteiger partial charge in [0, 0.05) is 11.6 Å². The highest BCUT2D eigenvalue weighted by Gasteiger charge is 2.09. The topological polar surface area (TPSA) is 61.3 Å². The SMILES string of the molecule is COc1ccccc1C(N)CCN. The lowest BCUT2D eigenvalue weighted by Crippen LogP contribution is -2.15. The lowest BCUT2D eigenvalue weighted by Gasteiger charge is -2.14. The van der Waals surface area contributed by atoms with E-state index in [0.29, 0.717) is 6.54 Å². The van der Waals surface area contributed by atoms with E-state index in [1.54, 1.807) is 7.11 Å². The third-order valence-electron chi connectivity index (χ3n) is 2.02. The van der Waals surface area contributed by atoms with Crippen molar-refractivity contribution in [3.05, 3.63) is 29.8 Å². The molecule has 4 N–H and O–H groups in total. The molecule has 0 aromatic heterocycles. The van der Waals surface area contributed by atoms with Gasteiger partial charge in [-0.05, 0) is 19.0 Å². The lowest BCUT2D eigenvalue weighted by molar-refractivity contribution is 0.404. The molecule has 72 valence electrons. The Balaban J connectivity index is 2.85. The van der Waals surface area contributed by atoms with Gasteiger partial charge in [-0.1, -0.05) is 18.2 Å². The number of para-hydroxylation sites is 1. The molecule has 0 spiro atoms. The van der Waals surface area contributed by atoms with Crippen LogP contribution in [0.2, 0.25) is 0 Å². The van der Waals surface area contributed by atoms with E-state index in [1.165, 1.54) is 0 Å². The molecule has 1 atom stereocenters. The van der Waals surface area contributed by atoms with Gasteiger partial charge in [-0.3, -0.25) is 0 Å². The highest BCUT2D eigenvalue weighted by Crippen LogP contribution is 2.24. The fraction of sp³-hybridized carbons (Fsp3) is 0.400. The molecule has 0 bridgehead atoms. The second kappa shape index (κ2) is 4.84. The van der Waals surface area contributed by atoms with Crippen molar-refractivity contribution in [1.29, 1.82) is 0 Å². The summed E-state index contributed by atoms with van der Waals surface area (Å²) in [6.45, 7) is 0.596. The molecular weight excluding hydrogens is 164 g/mol. The third-order valence-corrected chi connectivity index (χ3v) is 2.02. The van der Waals surface area contributed by atoms with Crippen LogP contribution in [-0.4, -0.2) is 13.7 Å². The van der Waals surface area contributed by atoms with Crippen molar-refractivity contribution in [2.24, 2.45) is 11.5 Å². The molecule has 1 unspecified atom stereocenters. The van der Waals surface area contributed by atoms with Crippen molar-refractivity contribution in [1.82, 2.24) is 0 Å². The number of ether oxygens (including phenoxy) is 1. The summed E-state index contributed by atoms with van der Waals surface area (Å²) in [4.78, 5) is 0. The van der Waals surface area contributed by atoms with E-state index in [0.717, 1.165) is 17.7 Å². The van der Waals surface area contributed by atoms with Crippen LogP contribution in [0.15, 0.2) is 24.3 Å². The van der Waals surface area contributed by atoms with E-state index in [4.69, 9.17) is 16.2 Å². The zero-order valence-corrected chi connectivity index (χ0v) is 7.86. The second-order valence-electron chi connectivity index (χ2n) is 2.93. The van der Waals surface area contributed by atoms with E-state index in [1.807, 2.05) is 24.3 Å². The van der Waals surface area contributed by atoms with Crippen molar-refractivity contribution >= 4 is 0 Å². The van der Waals surface area contributed by atoms with Gasteiger partial charge >= 0.3 is 0 Å². The first kappa shape index (κ1) is 10.0. The van der Waals surface area contributed by atoms with Crippen LogP contribution in [0.4, 0.5) is 0 Å². The molecule has 0 aliphatic heterocycles. The summed E-state index contributed by atoms with van der Waals surface area (Å²) in [5, 5.41) is 0. The second-order valence-corrected chi connectivity index (χ2v) is 2.93. The van der Waals surface area contributed by atoms with E-state index >= 15 is 0 Å². The predicted octanol–water partition coefficient (Wildman–Crippen LogP) is 1.04. The minimum absolute atomic E-state index is 0.0267. The van der Waals surface area contributed by atoms with Crippen LogP contribution >= 0.6 is 0 Å². The molecule has 1 aromatic carbocycles. The van der Waals surface area contributed by atoms with Gasteiger partial charge in [-0.15, -0.1) is 0 Å². The van der Waals surface area contributed by atoms with Crippen molar-refractivity contribution in [3.63, 3.8) is 0 Å². The van der Waals surface area contributed by atoms with Crippen molar-refractivity contribution < 1.29 is 4.74 Å². The lowest BCUT2D eigenvalue weighted by atomic mass is 10.0. The van der Waals surface area contributed by atoms with Crippen LogP contribution in [0.25, 0.3) is 0 Å². The number of methoxy groups -OCH3 is 1. The number of hydrogen-bond donors (Lipinski definition) is 2. The highest BCUT2D eigenvalue weighted by atomic mass is 16.5. The molecule has 0 fully saturated rings. The first-order chi connectivity index (χ1) is 6.29. The highest BCUT2D eigenvalue weighted by molar-refractivity contribution is 5.35. The molecule has 0 heterocycles. The van der Waals surface area contributed by atoms with E-state index in [-0.39, 0.29) is 6.04 Å². The van der Waals surface area contributed by atoms with E-state index in [9.17, 15) is 0 Å². The number of nitrogens with two attached hydrogens (primary N) is 2. The predicted molar refractivity (Wildman–Crippen MR) is 53.6 cm³/mol. The number of rotatable bonds is 4. The average molecular weight is 180 g/mol. The van der Waals surface area contributed by atoms with Gasteiger partial charge in [-0.2, -0.15) is 0 Å². The van der Waals surface area contributed by atoms with Crippen molar-refractivity contribution in [2.45, 2.75) is 12.5 Å². The summed E-state index contributed by atoms with van der Waals surface area (Å²) in [5.41, 5.74) is 12.4. The van der Waals surface area contributed by atoms with E-state index in [2.05, 4.69) is 0 Å². The average Bonchev–Trinajstić information content (AvgIpc) is 2.18. The number of hydrogen-bond acceptors (Lipinski definition) is 3. The summed E-state index contributed by atoms with van der Waals surface area (Å²) < 4.78 is 5.19. The molecule has 1 rings (SSSR count). The summed E-state index contributed by atoms with van der Waals surface area (Å²) in [6.07, 6.45) is 0.778. The first-order valence-electron chi connectivity index (χ1n) is 4.38. The first-order valence-corrected chi connectivity index (χ1v) is 4.38. The molecule has 0 aliphatic carbocycles. The molecule has 1 aromatic rings. The summed E-state index contributed by atoms with van der Waals surface area (Å²) in [5.74, 6) is 0.837. The fourth-order valence-electron chi connectivity index (χ4n) is 1.31. The Bertz CT molecular complexity index is 263. The largest absolute Gasteiger partial charge is 0.496 e. The molecule has 0 saturated heterocycles. The van der Waals surface area contributed by atoms with Crippen molar-refractivity contribution in [2.75, 3.05) is 13.7 Å². The van der Waals surface area contributed by atoms with Crippen LogP contribution in [0, 0.1) is 0 Å². The molecule has 3 nitrogen and oxygen atoms in total. The van der Waals surface area contributed by atoms with Crippen LogP contribution < -0.4 is 16.2 Å². The Labute approximate surface area is 78.7 Å².